The third-order valence-corrected chi connectivity index (χ3v) is 0.474. The van der Waals surface area contributed by atoms with Crippen LogP contribution in [-0.2, 0) is 0 Å². The summed E-state index contributed by atoms with van der Waals surface area (Å²) in [4.78, 5) is 0. The van der Waals surface area contributed by atoms with E-state index in [1.165, 1.54) is 0 Å². The predicted octanol–water partition coefficient (Wildman–Crippen LogP) is 0.293. The molecule has 0 aromatic carbocycles. The zero-order valence-corrected chi connectivity index (χ0v) is 3.81. The summed E-state index contributed by atoms with van der Waals surface area (Å²) in [6, 6.07) is 0. The molecule has 0 aliphatic heterocycles. The molecule has 0 heterocycles. The van der Waals surface area contributed by atoms with Gasteiger partial charge < -0.3 is 10.2 Å². The van der Waals surface area contributed by atoms with Gasteiger partial charge in [0.25, 0.3) is 0 Å². The van der Waals surface area contributed by atoms with Crippen LogP contribution in [0.25, 0.3) is 0 Å². The highest BCUT2D eigenvalue weighted by Crippen LogP contribution is 1.93. The monoisotopic (exact) mass is 89.1 g/mol. The molecule has 2 nitrogen and oxygen atoms in total. The van der Waals surface area contributed by atoms with Gasteiger partial charge in [-0.05, 0) is 6.92 Å². The Labute approximate surface area is 37.4 Å². The van der Waals surface area contributed by atoms with E-state index in [9.17, 15) is 0 Å². The third-order valence-electron chi connectivity index (χ3n) is 0.474. The summed E-state index contributed by atoms with van der Waals surface area (Å²) >= 11 is 0. The number of aliphatic hydroxyl groups is 2. The molecule has 0 amide bonds. The predicted molar refractivity (Wildman–Crippen MR) is 22.6 cm³/mol. The van der Waals surface area contributed by atoms with Gasteiger partial charge in [-0.15, -0.1) is 0 Å². The van der Waals surface area contributed by atoms with Crippen molar-refractivity contribution >= 4 is 0 Å². The Kier molecular flexibility index (Phi) is 3.08. The first-order chi connectivity index (χ1) is 2.77. The first-order valence-electron chi connectivity index (χ1n) is 1.89. The highest BCUT2D eigenvalue weighted by Gasteiger charge is 1.90. The minimum atomic E-state index is 0.0440. The van der Waals surface area contributed by atoms with Gasteiger partial charge in [0.15, 0.2) is 0 Å². The molecule has 0 aliphatic carbocycles. The summed E-state index contributed by atoms with van der Waals surface area (Å²) in [6.45, 7) is 1.61. The third kappa shape index (κ3) is 3.92. The second kappa shape index (κ2) is 3.12. The van der Waals surface area contributed by atoms with Crippen LogP contribution in [0.5, 0.6) is 0 Å². The standard InChI is InChI=1S/C4H9O2/c1-4(6)2-3-5/h5-6H,2-3H2,1H3. The van der Waals surface area contributed by atoms with Crippen LogP contribution in [0.2, 0.25) is 0 Å². The van der Waals surface area contributed by atoms with Crippen molar-refractivity contribution in [3.05, 3.63) is 6.10 Å². The smallest absolute Gasteiger partial charge is 0.0925 e. The maximum atomic E-state index is 8.31. The molecule has 0 saturated heterocycles. The van der Waals surface area contributed by atoms with E-state index in [0.29, 0.717) is 6.42 Å². The number of rotatable bonds is 2. The van der Waals surface area contributed by atoms with Crippen LogP contribution < -0.4 is 0 Å². The van der Waals surface area contributed by atoms with E-state index in [-0.39, 0.29) is 12.7 Å². The summed E-state index contributed by atoms with van der Waals surface area (Å²) in [5, 5.41) is 16.4. The van der Waals surface area contributed by atoms with Crippen molar-refractivity contribution in [2.75, 3.05) is 6.61 Å². The maximum Gasteiger partial charge on any atom is 0.0925 e. The fourth-order valence-corrected chi connectivity index (χ4v) is 0.162. The number of hydrogen-bond acceptors (Lipinski definition) is 2. The molecule has 0 aromatic heterocycles. The van der Waals surface area contributed by atoms with Crippen molar-refractivity contribution in [1.82, 2.24) is 0 Å². The average Bonchev–Trinajstić information content (AvgIpc) is 1.35. The Bertz CT molecular complexity index is 26.7. The summed E-state index contributed by atoms with van der Waals surface area (Å²) in [5.74, 6) is 0. The van der Waals surface area contributed by atoms with Crippen molar-refractivity contribution in [2.45, 2.75) is 13.3 Å². The maximum absolute atomic E-state index is 8.31. The van der Waals surface area contributed by atoms with Crippen LogP contribution in [0.4, 0.5) is 0 Å². The number of aliphatic hydroxyl groups excluding tert-OH is 2. The van der Waals surface area contributed by atoms with Crippen molar-refractivity contribution in [3.8, 4) is 0 Å². The molecule has 0 spiro atoms. The molecular weight excluding hydrogens is 80.0 g/mol. The molecule has 2 heteroatoms. The molecule has 0 aliphatic rings. The Balaban J connectivity index is 2.63. The van der Waals surface area contributed by atoms with Gasteiger partial charge in [0, 0.05) is 13.0 Å². The Morgan fingerprint density at radius 2 is 2.17 bits per heavy atom. The highest BCUT2D eigenvalue weighted by atomic mass is 16.3. The van der Waals surface area contributed by atoms with Crippen LogP contribution in [0, 0.1) is 6.10 Å². The molecular formula is C4H9O2. The normalized spacial score (nSPS) is 10.0. The summed E-state index contributed by atoms with van der Waals surface area (Å²) in [7, 11) is 0. The van der Waals surface area contributed by atoms with Crippen molar-refractivity contribution in [3.63, 3.8) is 0 Å². The van der Waals surface area contributed by atoms with Gasteiger partial charge in [0.05, 0.1) is 6.10 Å². The SMILES string of the molecule is C[C](O)CCO. The van der Waals surface area contributed by atoms with E-state index in [1.807, 2.05) is 0 Å². The van der Waals surface area contributed by atoms with Crippen molar-refractivity contribution in [2.24, 2.45) is 0 Å². The van der Waals surface area contributed by atoms with Crippen LogP contribution in [-0.4, -0.2) is 16.8 Å². The molecule has 2 N–H and O–H groups in total. The second-order valence-corrected chi connectivity index (χ2v) is 1.21. The molecule has 0 rings (SSSR count). The van der Waals surface area contributed by atoms with E-state index < -0.39 is 0 Å². The molecule has 0 aromatic rings. The van der Waals surface area contributed by atoms with Gasteiger partial charge in [-0.2, -0.15) is 0 Å². The fraction of sp³-hybridized carbons (Fsp3) is 0.750. The molecule has 0 bridgehead atoms. The van der Waals surface area contributed by atoms with E-state index in [1.54, 1.807) is 6.92 Å². The van der Waals surface area contributed by atoms with E-state index in [4.69, 9.17) is 10.2 Å². The lowest BCUT2D eigenvalue weighted by atomic mass is 10.3. The lowest BCUT2D eigenvalue weighted by Crippen LogP contribution is -1.91. The topological polar surface area (TPSA) is 40.5 Å². The van der Waals surface area contributed by atoms with Gasteiger partial charge in [0.2, 0.25) is 0 Å². The van der Waals surface area contributed by atoms with Crippen LogP contribution in [0.3, 0.4) is 0 Å². The number of hydrogen-bond donors (Lipinski definition) is 2. The van der Waals surface area contributed by atoms with Gasteiger partial charge in [-0.25, -0.2) is 0 Å². The van der Waals surface area contributed by atoms with Crippen molar-refractivity contribution in [1.29, 1.82) is 0 Å². The van der Waals surface area contributed by atoms with Crippen molar-refractivity contribution < 1.29 is 10.2 Å². The zero-order chi connectivity index (χ0) is 4.99. The summed E-state index contributed by atoms with van der Waals surface area (Å²) < 4.78 is 0. The molecule has 37 valence electrons. The minimum absolute atomic E-state index is 0.0440. The van der Waals surface area contributed by atoms with Crippen LogP contribution >= 0.6 is 0 Å². The van der Waals surface area contributed by atoms with Gasteiger partial charge in [-0.3, -0.25) is 0 Å². The van der Waals surface area contributed by atoms with Gasteiger partial charge in [-0.1, -0.05) is 0 Å². The summed E-state index contributed by atoms with van der Waals surface area (Å²) in [5.41, 5.74) is 0. The first-order valence-corrected chi connectivity index (χ1v) is 1.89. The lowest BCUT2D eigenvalue weighted by molar-refractivity contribution is 0.227. The van der Waals surface area contributed by atoms with Crippen LogP contribution in [0.15, 0.2) is 0 Å². The Hall–Kier alpha value is -0.0800. The molecule has 0 saturated carbocycles. The Morgan fingerprint density at radius 1 is 1.67 bits per heavy atom. The highest BCUT2D eigenvalue weighted by molar-refractivity contribution is 4.64. The van der Waals surface area contributed by atoms with Crippen LogP contribution in [0.1, 0.15) is 13.3 Å². The largest absolute Gasteiger partial charge is 0.396 e. The summed E-state index contributed by atoms with van der Waals surface area (Å²) in [6.07, 6.45) is 0.692. The van der Waals surface area contributed by atoms with E-state index in [0.717, 1.165) is 0 Å². The molecule has 6 heavy (non-hydrogen) atoms. The first kappa shape index (κ1) is 5.92. The van der Waals surface area contributed by atoms with E-state index >= 15 is 0 Å². The molecule has 1 radical (unpaired) electrons. The quantitative estimate of drug-likeness (QED) is 0.510. The second-order valence-electron chi connectivity index (χ2n) is 1.21. The van der Waals surface area contributed by atoms with Gasteiger partial charge in [0.1, 0.15) is 0 Å². The average molecular weight is 89.1 g/mol. The Morgan fingerprint density at radius 3 is 2.17 bits per heavy atom. The zero-order valence-electron chi connectivity index (χ0n) is 3.81. The van der Waals surface area contributed by atoms with E-state index in [2.05, 4.69) is 0 Å². The lowest BCUT2D eigenvalue weighted by Gasteiger charge is -1.93. The fourth-order valence-electron chi connectivity index (χ4n) is 0.162. The molecule has 0 unspecified atom stereocenters. The minimum Gasteiger partial charge on any atom is -0.396 e. The molecule has 0 fully saturated rings. The molecule has 0 atom stereocenters. The van der Waals surface area contributed by atoms with Gasteiger partial charge >= 0.3 is 0 Å².